The molecule has 40 heavy (non-hydrogen) atoms. The van der Waals surface area contributed by atoms with Crippen molar-refractivity contribution in [2.75, 3.05) is 6.54 Å². The second-order valence-electron chi connectivity index (χ2n) is 14.9. The van der Waals surface area contributed by atoms with Crippen LogP contribution in [-0.4, -0.2) is 24.6 Å². The number of nitrogens with two attached hydrogens (primary N) is 1. The molecule has 0 aromatic rings. The minimum Gasteiger partial charge on any atom is -0.446 e. The minimum atomic E-state index is -0.296. The minimum absolute atomic E-state index is 0.0134. The van der Waals surface area contributed by atoms with Crippen molar-refractivity contribution >= 4 is 12.0 Å². The molecule has 3 fully saturated rings. The number of carbonyl (C=O) groups excluding carboxylic acids is 2. The monoisotopic (exact) mass is 557 g/mol. The number of unbranched alkanes of at least 4 members (excludes halogenated alkanes) is 2. The van der Waals surface area contributed by atoms with Gasteiger partial charge >= 0.3 is 6.09 Å². The van der Waals surface area contributed by atoms with Crippen molar-refractivity contribution in [2.45, 2.75) is 137 Å². The standard InChI is InChI=1S/C34H59N3O3/c1-23(2)10-9-11-24(3)28-15-16-29-27-14-13-25-22-26(17-19-33(25,4)30(27)18-20-34(28,29)5)40-32(39)36-21-8-6-7-12-31(38)37-35/h13,23-24,26-30H,6-12,14-22,35H2,1-5H3,(H,36,39)(H,37,38)/t24-,26+,27+,28-,29+,30+,33+,34-/m1/s1. The maximum Gasteiger partial charge on any atom is 0.407 e. The topological polar surface area (TPSA) is 93.4 Å². The number of fused-ring (bicyclic) bond motifs is 5. The summed E-state index contributed by atoms with van der Waals surface area (Å²) in [4.78, 5) is 23.7. The van der Waals surface area contributed by atoms with Crippen LogP contribution in [0.15, 0.2) is 11.6 Å². The SMILES string of the molecule is CC(C)CCC[C@@H](C)[C@H]1CC[C@H]2[C@@H]3CC=C4C[C@@H](OC(=O)NCCCCCC(=O)NN)CC[C@]4(C)[C@H]3CC[C@]12C. The molecule has 3 saturated carbocycles. The first kappa shape index (κ1) is 31.4. The van der Waals surface area contributed by atoms with Gasteiger partial charge in [0.2, 0.25) is 5.91 Å². The number of hydrazine groups is 1. The molecular formula is C34H59N3O3. The van der Waals surface area contributed by atoms with Crippen molar-refractivity contribution in [1.82, 2.24) is 10.7 Å². The largest absolute Gasteiger partial charge is 0.446 e. The summed E-state index contributed by atoms with van der Waals surface area (Å²) in [5.41, 5.74) is 4.51. The zero-order chi connectivity index (χ0) is 28.9. The molecule has 0 radical (unpaired) electrons. The lowest BCUT2D eigenvalue weighted by Crippen LogP contribution is -2.51. The molecule has 0 saturated heterocycles. The van der Waals surface area contributed by atoms with Crippen LogP contribution in [0.2, 0.25) is 0 Å². The summed E-state index contributed by atoms with van der Waals surface area (Å²) in [6, 6.07) is 0. The van der Waals surface area contributed by atoms with Gasteiger partial charge in [0, 0.05) is 19.4 Å². The molecule has 0 aliphatic heterocycles. The van der Waals surface area contributed by atoms with Crippen LogP contribution in [0, 0.1) is 46.3 Å². The van der Waals surface area contributed by atoms with Crippen LogP contribution in [0.25, 0.3) is 0 Å². The molecule has 0 unspecified atom stereocenters. The zero-order valence-corrected chi connectivity index (χ0v) is 26.2. The number of rotatable bonds is 12. The molecule has 8 atom stereocenters. The second kappa shape index (κ2) is 13.6. The molecule has 4 aliphatic carbocycles. The molecule has 0 aromatic heterocycles. The van der Waals surface area contributed by atoms with E-state index in [9.17, 15) is 9.59 Å². The maximum atomic E-state index is 12.5. The highest BCUT2D eigenvalue weighted by molar-refractivity contribution is 5.75. The van der Waals surface area contributed by atoms with Crippen LogP contribution in [0.4, 0.5) is 4.79 Å². The summed E-state index contributed by atoms with van der Waals surface area (Å²) >= 11 is 0. The normalized spacial score (nSPS) is 35.7. The number of hydrogen-bond acceptors (Lipinski definition) is 4. The van der Waals surface area contributed by atoms with E-state index in [4.69, 9.17) is 10.6 Å². The molecule has 0 bridgehead atoms. The van der Waals surface area contributed by atoms with Crippen LogP contribution in [0.3, 0.4) is 0 Å². The highest BCUT2D eigenvalue weighted by atomic mass is 16.6. The van der Waals surface area contributed by atoms with E-state index in [0.29, 0.717) is 18.4 Å². The lowest BCUT2D eigenvalue weighted by molar-refractivity contribution is -0.121. The number of allylic oxidation sites excluding steroid dienone is 1. The van der Waals surface area contributed by atoms with E-state index < -0.39 is 0 Å². The first-order valence-corrected chi connectivity index (χ1v) is 16.7. The first-order valence-electron chi connectivity index (χ1n) is 16.7. The Balaban J connectivity index is 1.27. The average Bonchev–Trinajstić information content (AvgIpc) is 3.27. The van der Waals surface area contributed by atoms with E-state index in [-0.39, 0.29) is 23.5 Å². The van der Waals surface area contributed by atoms with E-state index in [1.807, 2.05) is 0 Å². The quantitative estimate of drug-likeness (QED) is 0.0754. The van der Waals surface area contributed by atoms with Gasteiger partial charge in [-0.3, -0.25) is 10.2 Å². The van der Waals surface area contributed by atoms with Gasteiger partial charge in [-0.05, 0) is 104 Å². The summed E-state index contributed by atoms with van der Waals surface area (Å²) < 4.78 is 5.88. The van der Waals surface area contributed by atoms with E-state index in [1.165, 1.54) is 51.4 Å². The molecule has 0 heterocycles. The Hall–Kier alpha value is -1.56. The maximum absolute atomic E-state index is 12.5. The molecule has 6 nitrogen and oxygen atoms in total. The zero-order valence-electron chi connectivity index (χ0n) is 26.2. The van der Waals surface area contributed by atoms with Crippen molar-refractivity contribution in [3.05, 3.63) is 11.6 Å². The predicted molar refractivity (Wildman–Crippen MR) is 162 cm³/mol. The summed E-state index contributed by atoms with van der Waals surface area (Å²) in [5, 5.41) is 2.91. The van der Waals surface area contributed by atoms with Crippen LogP contribution in [-0.2, 0) is 9.53 Å². The van der Waals surface area contributed by atoms with Gasteiger partial charge in [-0.1, -0.05) is 72.0 Å². The smallest absolute Gasteiger partial charge is 0.407 e. The number of nitrogens with one attached hydrogen (secondary N) is 2. The highest BCUT2D eigenvalue weighted by Gasteiger charge is 2.59. The van der Waals surface area contributed by atoms with Crippen LogP contribution >= 0.6 is 0 Å². The second-order valence-corrected chi connectivity index (χ2v) is 14.9. The van der Waals surface area contributed by atoms with Crippen molar-refractivity contribution in [1.29, 1.82) is 0 Å². The number of amides is 2. The summed E-state index contributed by atoms with van der Waals surface area (Å²) in [6.07, 6.45) is 19.2. The number of ether oxygens (including phenoxy) is 1. The van der Waals surface area contributed by atoms with E-state index in [1.54, 1.807) is 5.57 Å². The summed E-state index contributed by atoms with van der Waals surface area (Å²) in [6.45, 7) is 13.1. The first-order chi connectivity index (χ1) is 19.1. The summed E-state index contributed by atoms with van der Waals surface area (Å²) in [5.74, 6) is 10.0. The van der Waals surface area contributed by atoms with Gasteiger partial charge in [-0.25, -0.2) is 10.6 Å². The fourth-order valence-electron chi connectivity index (χ4n) is 9.80. The van der Waals surface area contributed by atoms with Gasteiger partial charge in [-0.15, -0.1) is 0 Å². The third kappa shape index (κ3) is 6.90. The molecule has 0 spiro atoms. The molecule has 4 N–H and O–H groups in total. The van der Waals surface area contributed by atoms with Crippen LogP contribution in [0.5, 0.6) is 0 Å². The third-order valence-corrected chi connectivity index (χ3v) is 12.0. The van der Waals surface area contributed by atoms with E-state index in [2.05, 4.69) is 51.4 Å². The van der Waals surface area contributed by atoms with Crippen molar-refractivity contribution in [2.24, 2.45) is 52.2 Å². The lowest BCUT2D eigenvalue weighted by atomic mass is 9.47. The molecule has 0 aromatic carbocycles. The fourth-order valence-corrected chi connectivity index (χ4v) is 9.80. The number of hydrogen-bond donors (Lipinski definition) is 3. The van der Waals surface area contributed by atoms with Crippen molar-refractivity contribution in [3.63, 3.8) is 0 Å². The Bertz CT molecular complexity index is 903. The summed E-state index contributed by atoms with van der Waals surface area (Å²) in [7, 11) is 0. The molecule has 4 aliphatic rings. The van der Waals surface area contributed by atoms with Gasteiger partial charge in [0.15, 0.2) is 0 Å². The Morgan fingerprint density at radius 1 is 1.00 bits per heavy atom. The highest BCUT2D eigenvalue weighted by Crippen LogP contribution is 2.67. The Morgan fingerprint density at radius 3 is 2.55 bits per heavy atom. The molecular weight excluding hydrogens is 498 g/mol. The van der Waals surface area contributed by atoms with E-state index in [0.717, 1.165) is 74.0 Å². The molecule has 6 heteroatoms. The van der Waals surface area contributed by atoms with Crippen molar-refractivity contribution < 1.29 is 14.3 Å². The molecule has 2 amide bonds. The third-order valence-electron chi connectivity index (χ3n) is 12.0. The Kier molecular flexibility index (Phi) is 10.7. The van der Waals surface area contributed by atoms with E-state index >= 15 is 0 Å². The predicted octanol–water partition coefficient (Wildman–Crippen LogP) is 7.67. The lowest BCUT2D eigenvalue weighted by Gasteiger charge is -2.58. The van der Waals surface area contributed by atoms with Gasteiger partial charge < -0.3 is 10.1 Å². The number of alkyl carbamates (subject to hydrolysis) is 1. The fraction of sp³-hybridized carbons (Fsp3) is 0.882. The Morgan fingerprint density at radius 2 is 1.80 bits per heavy atom. The molecule has 4 rings (SSSR count). The van der Waals surface area contributed by atoms with Gasteiger partial charge in [0.25, 0.3) is 0 Å². The molecule has 228 valence electrons. The van der Waals surface area contributed by atoms with Crippen LogP contribution < -0.4 is 16.6 Å². The average molecular weight is 558 g/mol. The van der Waals surface area contributed by atoms with Gasteiger partial charge in [0.1, 0.15) is 6.10 Å². The Labute approximate surface area is 244 Å². The van der Waals surface area contributed by atoms with Gasteiger partial charge in [0.05, 0.1) is 0 Å². The number of carbonyl (C=O) groups is 2. The van der Waals surface area contributed by atoms with Crippen LogP contribution in [0.1, 0.15) is 131 Å². The van der Waals surface area contributed by atoms with Crippen molar-refractivity contribution in [3.8, 4) is 0 Å². The van der Waals surface area contributed by atoms with Gasteiger partial charge in [-0.2, -0.15) is 0 Å².